The van der Waals surface area contributed by atoms with Crippen molar-refractivity contribution >= 4 is 29.0 Å². The molecule has 4 nitrogen and oxygen atoms in total. The summed E-state index contributed by atoms with van der Waals surface area (Å²) in [4.78, 5) is 29.0. The van der Waals surface area contributed by atoms with Crippen LogP contribution in [0.2, 0.25) is 5.02 Å². The Kier molecular flexibility index (Phi) is 4.58. The smallest absolute Gasteiger partial charge is 0.264 e. The van der Waals surface area contributed by atoms with Crippen molar-refractivity contribution in [2.24, 2.45) is 23.2 Å². The lowest BCUT2D eigenvalue weighted by molar-refractivity contribution is -0.154. The molecule has 1 atom stereocenters. The summed E-state index contributed by atoms with van der Waals surface area (Å²) in [6, 6.07) is 14.9. The van der Waals surface area contributed by atoms with Crippen molar-refractivity contribution in [3.8, 4) is 0 Å². The minimum atomic E-state index is -1.85. The average Bonchev–Trinajstić information content (AvgIpc) is 2.95. The van der Waals surface area contributed by atoms with Gasteiger partial charge in [-0.05, 0) is 80.0 Å². The number of carbonyl (C=O) groups is 2. The molecule has 5 aliphatic rings. The molecule has 0 aromatic heterocycles. The maximum atomic E-state index is 13.8. The predicted molar refractivity (Wildman–Crippen MR) is 123 cm³/mol. The molecule has 2 aromatic rings. The number of benzene rings is 2. The van der Waals surface area contributed by atoms with E-state index in [0.29, 0.717) is 40.6 Å². The first-order valence-corrected chi connectivity index (χ1v) is 12.2. The predicted octanol–water partition coefficient (Wildman–Crippen LogP) is 5.25. The average molecular weight is 450 g/mol. The number of carbonyl (C=O) groups excluding carboxylic acids is 2. The standard InChI is InChI=1S/C27H28ClNO3/c28-21-6-7-23-22(11-21)27(32,25(31)29(23)16-17-4-2-1-3-5-17)15-24(30)26-12-18-8-19(13-26)10-20(9-18)14-26/h1-7,11,18-20,32H,8-10,12-16H2/t18?,19?,20?,26?,27-/m1/s1. The third-order valence-corrected chi connectivity index (χ3v) is 8.76. The molecule has 1 heterocycles. The minimum Gasteiger partial charge on any atom is -0.375 e. The molecule has 32 heavy (non-hydrogen) atoms. The molecule has 1 N–H and O–H groups in total. The largest absolute Gasteiger partial charge is 0.375 e. The zero-order valence-corrected chi connectivity index (χ0v) is 18.9. The van der Waals surface area contributed by atoms with Crippen LogP contribution in [0, 0.1) is 23.2 Å². The molecule has 0 spiro atoms. The van der Waals surface area contributed by atoms with E-state index in [-0.39, 0.29) is 17.6 Å². The maximum absolute atomic E-state index is 13.8. The lowest BCUT2D eigenvalue weighted by Gasteiger charge is -2.56. The number of Topliss-reactive ketones (excluding diaryl/α,β-unsaturated/α-hetero) is 1. The first-order valence-electron chi connectivity index (χ1n) is 11.8. The Hall–Kier alpha value is -2.17. The van der Waals surface area contributed by atoms with Crippen molar-refractivity contribution in [2.45, 2.75) is 57.1 Å². The van der Waals surface area contributed by atoms with Gasteiger partial charge in [0.1, 0.15) is 5.78 Å². The summed E-state index contributed by atoms with van der Waals surface area (Å²) in [6.07, 6.45) is 6.38. The van der Waals surface area contributed by atoms with Gasteiger partial charge in [-0.1, -0.05) is 41.9 Å². The first kappa shape index (κ1) is 20.4. The lowest BCUT2D eigenvalue weighted by atomic mass is 9.48. The molecule has 0 saturated heterocycles. The van der Waals surface area contributed by atoms with Gasteiger partial charge in [0.15, 0.2) is 5.60 Å². The van der Waals surface area contributed by atoms with Crippen LogP contribution in [-0.2, 0) is 21.7 Å². The quantitative estimate of drug-likeness (QED) is 0.678. The monoisotopic (exact) mass is 449 g/mol. The van der Waals surface area contributed by atoms with E-state index >= 15 is 0 Å². The van der Waals surface area contributed by atoms with E-state index in [0.717, 1.165) is 24.8 Å². The lowest BCUT2D eigenvalue weighted by Crippen LogP contribution is -2.52. The van der Waals surface area contributed by atoms with Gasteiger partial charge in [-0.15, -0.1) is 0 Å². The number of aliphatic hydroxyl groups is 1. The Morgan fingerprint density at radius 2 is 1.62 bits per heavy atom. The number of anilines is 1. The van der Waals surface area contributed by atoms with Gasteiger partial charge in [0.25, 0.3) is 5.91 Å². The second-order valence-corrected chi connectivity index (χ2v) is 11.1. The van der Waals surface area contributed by atoms with Gasteiger partial charge in [-0.25, -0.2) is 0 Å². The summed E-state index contributed by atoms with van der Waals surface area (Å²) in [5.41, 5.74) is -0.127. The zero-order valence-electron chi connectivity index (χ0n) is 18.1. The van der Waals surface area contributed by atoms with Crippen molar-refractivity contribution in [2.75, 3.05) is 4.90 Å². The molecular formula is C27H28ClNO3. The SMILES string of the molecule is O=C(C[C@]1(O)C(=O)N(Cc2ccccc2)c2ccc(Cl)cc21)C12CC3CC(CC(C3)C1)C2. The summed E-state index contributed by atoms with van der Waals surface area (Å²) >= 11 is 6.27. The number of nitrogens with zero attached hydrogens (tertiary/aromatic N) is 1. The van der Waals surface area contributed by atoms with Crippen LogP contribution in [0.3, 0.4) is 0 Å². The number of fused-ring (bicyclic) bond motifs is 1. The molecule has 7 rings (SSSR count). The maximum Gasteiger partial charge on any atom is 0.264 e. The van der Waals surface area contributed by atoms with Crippen molar-refractivity contribution in [3.63, 3.8) is 0 Å². The number of rotatable bonds is 5. The second kappa shape index (κ2) is 7.16. The molecule has 4 aliphatic carbocycles. The molecule has 5 heteroatoms. The minimum absolute atomic E-state index is 0.0694. The highest BCUT2D eigenvalue weighted by atomic mass is 35.5. The van der Waals surface area contributed by atoms with E-state index in [1.54, 1.807) is 23.1 Å². The van der Waals surface area contributed by atoms with Gasteiger partial charge < -0.3 is 10.0 Å². The molecule has 0 radical (unpaired) electrons. The summed E-state index contributed by atoms with van der Waals surface area (Å²) in [7, 11) is 0. The molecule has 4 saturated carbocycles. The first-order chi connectivity index (χ1) is 15.4. The van der Waals surface area contributed by atoms with E-state index in [1.165, 1.54) is 19.3 Å². The van der Waals surface area contributed by atoms with Crippen LogP contribution in [0.5, 0.6) is 0 Å². The highest BCUT2D eigenvalue weighted by molar-refractivity contribution is 6.31. The Morgan fingerprint density at radius 3 is 2.25 bits per heavy atom. The number of halogens is 1. The van der Waals surface area contributed by atoms with Gasteiger partial charge in [-0.2, -0.15) is 0 Å². The summed E-state index contributed by atoms with van der Waals surface area (Å²) in [6.45, 7) is 0.349. The van der Waals surface area contributed by atoms with E-state index < -0.39 is 11.5 Å². The topological polar surface area (TPSA) is 57.6 Å². The van der Waals surface area contributed by atoms with Gasteiger partial charge in [0.2, 0.25) is 0 Å². The molecule has 2 aromatic carbocycles. The van der Waals surface area contributed by atoms with Crippen molar-refractivity contribution < 1.29 is 14.7 Å². The molecule has 1 amide bonds. The molecule has 1 aliphatic heterocycles. The van der Waals surface area contributed by atoms with Gasteiger partial charge in [0.05, 0.1) is 12.2 Å². The summed E-state index contributed by atoms with van der Waals surface area (Å²) < 4.78 is 0. The van der Waals surface area contributed by atoms with Gasteiger partial charge in [0, 0.05) is 22.4 Å². The fraction of sp³-hybridized carbons (Fsp3) is 0.481. The highest BCUT2D eigenvalue weighted by Gasteiger charge is 2.58. The van der Waals surface area contributed by atoms with Gasteiger partial charge in [-0.3, -0.25) is 9.59 Å². The van der Waals surface area contributed by atoms with Crippen LogP contribution in [-0.4, -0.2) is 16.8 Å². The zero-order chi connectivity index (χ0) is 22.1. The normalized spacial score (nSPS) is 34.8. The molecular weight excluding hydrogens is 422 g/mol. The van der Waals surface area contributed by atoms with Crippen LogP contribution in [0.15, 0.2) is 48.5 Å². The molecule has 0 unspecified atom stereocenters. The number of hydrogen-bond acceptors (Lipinski definition) is 3. The third kappa shape index (κ3) is 3.07. The Bertz CT molecular complexity index is 1060. The van der Waals surface area contributed by atoms with E-state index in [4.69, 9.17) is 11.6 Å². The van der Waals surface area contributed by atoms with Crippen LogP contribution >= 0.6 is 11.6 Å². The fourth-order valence-corrected chi connectivity index (χ4v) is 7.66. The molecule has 4 bridgehead atoms. The van der Waals surface area contributed by atoms with E-state index in [1.807, 2.05) is 30.3 Å². The van der Waals surface area contributed by atoms with Crippen LogP contribution in [0.25, 0.3) is 0 Å². The van der Waals surface area contributed by atoms with E-state index in [9.17, 15) is 14.7 Å². The van der Waals surface area contributed by atoms with Crippen molar-refractivity contribution in [1.82, 2.24) is 0 Å². The van der Waals surface area contributed by atoms with E-state index in [2.05, 4.69) is 0 Å². The van der Waals surface area contributed by atoms with Crippen LogP contribution in [0.4, 0.5) is 5.69 Å². The van der Waals surface area contributed by atoms with Gasteiger partial charge >= 0.3 is 0 Å². The highest BCUT2D eigenvalue weighted by Crippen LogP contribution is 2.61. The van der Waals surface area contributed by atoms with Crippen LogP contribution in [0.1, 0.15) is 56.1 Å². The molecule has 4 fully saturated rings. The third-order valence-electron chi connectivity index (χ3n) is 8.52. The Balaban J connectivity index is 1.34. The number of ketones is 1. The summed E-state index contributed by atoms with van der Waals surface area (Å²) in [5.74, 6) is 1.55. The summed E-state index contributed by atoms with van der Waals surface area (Å²) in [5, 5.41) is 12.2. The molecule has 166 valence electrons. The second-order valence-electron chi connectivity index (χ2n) is 10.7. The van der Waals surface area contributed by atoms with Crippen molar-refractivity contribution in [1.29, 1.82) is 0 Å². The van der Waals surface area contributed by atoms with Crippen LogP contribution < -0.4 is 4.90 Å². The number of hydrogen-bond donors (Lipinski definition) is 1. The van der Waals surface area contributed by atoms with Crippen molar-refractivity contribution in [3.05, 3.63) is 64.7 Å². The fourth-order valence-electron chi connectivity index (χ4n) is 7.49. The number of amides is 1. The Labute approximate surface area is 193 Å². The Morgan fingerprint density at radius 1 is 1.00 bits per heavy atom.